The number of hydrogen-bond donors (Lipinski definition) is 2. The second kappa shape index (κ2) is 11.1. The van der Waals surface area contributed by atoms with Crippen LogP contribution in [0.3, 0.4) is 0 Å². The second-order valence-electron chi connectivity index (χ2n) is 8.94. The maximum Gasteiger partial charge on any atom is 0.419 e. The Morgan fingerprint density at radius 1 is 1.05 bits per heavy atom. The van der Waals surface area contributed by atoms with Crippen LogP contribution in [0, 0.1) is 0 Å². The maximum atomic E-state index is 13.8. The summed E-state index contributed by atoms with van der Waals surface area (Å²) in [5.41, 5.74) is -1.23. The highest BCUT2D eigenvalue weighted by atomic mass is 19.4. The molecule has 1 aliphatic rings. The number of aromatic nitrogens is 2. The molecule has 0 aliphatic carbocycles. The Morgan fingerprint density at radius 3 is 2.41 bits per heavy atom. The van der Waals surface area contributed by atoms with Gasteiger partial charge >= 0.3 is 18.4 Å². The van der Waals surface area contributed by atoms with Gasteiger partial charge in [-0.3, -0.25) is 4.90 Å². The molecule has 1 amide bonds. The van der Waals surface area contributed by atoms with Gasteiger partial charge in [-0.25, -0.2) is 4.79 Å². The largest absolute Gasteiger partial charge is 0.493 e. The van der Waals surface area contributed by atoms with E-state index in [0.717, 1.165) is 29.2 Å². The molecular formula is C25H23F6N3O5. The molecular weight excluding hydrogens is 536 g/mol. The Labute approximate surface area is 217 Å². The number of hydrogen-bond acceptors (Lipinski definition) is 6. The van der Waals surface area contributed by atoms with Crippen LogP contribution in [-0.2, 0) is 18.8 Å². The molecule has 0 bridgehead atoms. The number of unbranched alkanes of at least 4 members (excludes halogenated alkanes) is 1. The monoisotopic (exact) mass is 559 g/mol. The molecule has 0 radical (unpaired) electrons. The summed E-state index contributed by atoms with van der Waals surface area (Å²) in [6, 6.07) is 6.74. The number of halogens is 6. The first-order chi connectivity index (χ1) is 18.3. The van der Waals surface area contributed by atoms with E-state index in [2.05, 4.69) is 10.1 Å². The van der Waals surface area contributed by atoms with Gasteiger partial charge in [0.25, 0.3) is 5.89 Å². The minimum Gasteiger partial charge on any atom is -0.493 e. The molecule has 2 aromatic carbocycles. The average molecular weight is 559 g/mol. The lowest BCUT2D eigenvalue weighted by atomic mass is 10.1. The predicted octanol–water partition coefficient (Wildman–Crippen LogP) is 5.96. The molecule has 1 saturated heterocycles. The van der Waals surface area contributed by atoms with Gasteiger partial charge in [-0.15, -0.1) is 0 Å². The minimum absolute atomic E-state index is 0.0352. The van der Waals surface area contributed by atoms with Crippen molar-refractivity contribution in [1.29, 1.82) is 0 Å². The van der Waals surface area contributed by atoms with Crippen LogP contribution in [0.1, 0.15) is 47.9 Å². The number of ether oxygens (including phenoxy) is 1. The van der Waals surface area contributed by atoms with Gasteiger partial charge in [0.2, 0.25) is 5.82 Å². The molecule has 1 fully saturated rings. The number of aliphatic hydroxyl groups excluding tert-OH is 1. The van der Waals surface area contributed by atoms with Crippen molar-refractivity contribution in [3.8, 4) is 17.1 Å². The standard InChI is InChI=1S/C25H23F6N3O5/c26-24(27,28)16-7-4-14(5-8-16)3-1-2-12-38-19-9-6-15(13-17(19)25(29,30)31)21-32-22(39-33-21)20-18(35)10-11-34(20)23(36)37/h4-9,13,18,20,35H,1-3,10-12H2,(H,36,37)/t18-,20-/m0/s1. The summed E-state index contributed by atoms with van der Waals surface area (Å²) in [6.07, 6.45) is -10.2. The highest BCUT2D eigenvalue weighted by Gasteiger charge is 2.41. The molecule has 210 valence electrons. The lowest BCUT2D eigenvalue weighted by Gasteiger charge is -2.19. The number of aliphatic hydroxyl groups is 1. The zero-order chi connectivity index (χ0) is 28.4. The van der Waals surface area contributed by atoms with Crippen LogP contribution in [0.15, 0.2) is 47.0 Å². The zero-order valence-corrected chi connectivity index (χ0v) is 20.2. The van der Waals surface area contributed by atoms with Gasteiger partial charge in [0.15, 0.2) is 0 Å². The molecule has 2 N–H and O–H groups in total. The van der Waals surface area contributed by atoms with Gasteiger partial charge in [-0.1, -0.05) is 17.3 Å². The van der Waals surface area contributed by atoms with Gasteiger partial charge in [0.1, 0.15) is 11.8 Å². The summed E-state index contributed by atoms with van der Waals surface area (Å²) in [4.78, 5) is 16.3. The molecule has 0 unspecified atom stereocenters. The van der Waals surface area contributed by atoms with E-state index in [4.69, 9.17) is 9.26 Å². The third-order valence-corrected chi connectivity index (χ3v) is 6.25. The zero-order valence-electron chi connectivity index (χ0n) is 20.2. The first-order valence-electron chi connectivity index (χ1n) is 11.9. The van der Waals surface area contributed by atoms with Crippen molar-refractivity contribution in [3.63, 3.8) is 0 Å². The van der Waals surface area contributed by atoms with E-state index in [-0.39, 0.29) is 36.9 Å². The molecule has 39 heavy (non-hydrogen) atoms. The van der Waals surface area contributed by atoms with Crippen LogP contribution < -0.4 is 4.74 Å². The van der Waals surface area contributed by atoms with E-state index >= 15 is 0 Å². The third-order valence-electron chi connectivity index (χ3n) is 6.25. The summed E-state index contributed by atoms with van der Waals surface area (Å²) in [6.45, 7) is -0.0204. The fraction of sp³-hybridized carbons (Fsp3) is 0.400. The number of rotatable bonds is 8. The van der Waals surface area contributed by atoms with Gasteiger partial charge in [0.05, 0.1) is 23.8 Å². The number of likely N-dealkylation sites (tertiary alicyclic amines) is 1. The number of benzene rings is 2. The fourth-order valence-electron chi connectivity index (χ4n) is 4.25. The lowest BCUT2D eigenvalue weighted by Crippen LogP contribution is -2.32. The van der Waals surface area contributed by atoms with Crippen molar-refractivity contribution >= 4 is 6.09 Å². The van der Waals surface area contributed by atoms with E-state index in [1.54, 1.807) is 0 Å². The maximum absolute atomic E-state index is 13.8. The summed E-state index contributed by atoms with van der Waals surface area (Å²) < 4.78 is 89.7. The van der Waals surface area contributed by atoms with Crippen LogP contribution in [0.5, 0.6) is 5.75 Å². The number of aryl methyl sites for hydroxylation is 1. The number of nitrogens with zero attached hydrogens (tertiary/aromatic N) is 3. The van der Waals surface area contributed by atoms with E-state index in [1.165, 1.54) is 18.2 Å². The smallest absolute Gasteiger partial charge is 0.419 e. The van der Waals surface area contributed by atoms with Crippen molar-refractivity contribution in [2.45, 2.75) is 50.2 Å². The molecule has 14 heteroatoms. The molecule has 2 heterocycles. The minimum atomic E-state index is -4.78. The number of amides is 1. The highest BCUT2D eigenvalue weighted by Crippen LogP contribution is 2.39. The molecule has 3 aromatic rings. The molecule has 0 spiro atoms. The predicted molar refractivity (Wildman–Crippen MR) is 123 cm³/mol. The Kier molecular flexibility index (Phi) is 8.04. The normalized spacial score (nSPS) is 18.0. The van der Waals surface area contributed by atoms with E-state index < -0.39 is 47.5 Å². The van der Waals surface area contributed by atoms with Crippen LogP contribution in [0.25, 0.3) is 11.4 Å². The van der Waals surface area contributed by atoms with E-state index in [1.807, 2.05) is 0 Å². The van der Waals surface area contributed by atoms with Gasteiger partial charge in [0, 0.05) is 12.1 Å². The van der Waals surface area contributed by atoms with Crippen LogP contribution in [-0.4, -0.2) is 50.6 Å². The van der Waals surface area contributed by atoms with Crippen molar-refractivity contribution in [2.24, 2.45) is 0 Å². The summed E-state index contributed by atoms with van der Waals surface area (Å²) in [5.74, 6) is -0.880. The highest BCUT2D eigenvalue weighted by molar-refractivity contribution is 5.66. The van der Waals surface area contributed by atoms with Crippen molar-refractivity contribution in [1.82, 2.24) is 15.0 Å². The van der Waals surface area contributed by atoms with Crippen LogP contribution in [0.4, 0.5) is 31.1 Å². The molecule has 1 aromatic heterocycles. The molecule has 1 aliphatic heterocycles. The topological polar surface area (TPSA) is 109 Å². The molecule has 2 atom stereocenters. The SMILES string of the molecule is O=C(O)N1CC[C@H](O)[C@H]1c1nc(-c2ccc(OCCCCc3ccc(C(F)(F)F)cc3)c(C(F)(F)F)c2)no1. The molecule has 8 nitrogen and oxygen atoms in total. The summed E-state index contributed by atoms with van der Waals surface area (Å²) in [5, 5.41) is 23.1. The number of alkyl halides is 6. The molecule has 0 saturated carbocycles. The fourth-order valence-corrected chi connectivity index (χ4v) is 4.25. The van der Waals surface area contributed by atoms with Gasteiger partial charge in [-0.05, 0) is 61.6 Å². The van der Waals surface area contributed by atoms with Crippen LogP contribution >= 0.6 is 0 Å². The first-order valence-corrected chi connectivity index (χ1v) is 11.9. The summed E-state index contributed by atoms with van der Waals surface area (Å²) >= 11 is 0. The Balaban J connectivity index is 1.40. The van der Waals surface area contributed by atoms with E-state index in [0.29, 0.717) is 24.8 Å². The van der Waals surface area contributed by atoms with Gasteiger partial charge in [-0.2, -0.15) is 31.3 Å². The van der Waals surface area contributed by atoms with E-state index in [9.17, 15) is 41.4 Å². The van der Waals surface area contributed by atoms with Crippen molar-refractivity contribution < 1.29 is 50.6 Å². The number of carbonyl (C=O) groups is 1. The van der Waals surface area contributed by atoms with Crippen molar-refractivity contribution in [3.05, 3.63) is 65.0 Å². The lowest BCUT2D eigenvalue weighted by molar-refractivity contribution is -0.139. The van der Waals surface area contributed by atoms with Crippen molar-refractivity contribution in [2.75, 3.05) is 13.2 Å². The summed E-state index contributed by atoms with van der Waals surface area (Å²) in [7, 11) is 0. The Bertz CT molecular complexity index is 1290. The first kappa shape index (κ1) is 28.2. The van der Waals surface area contributed by atoms with Crippen LogP contribution in [0.2, 0.25) is 0 Å². The Morgan fingerprint density at radius 2 is 1.77 bits per heavy atom. The average Bonchev–Trinajstić information content (AvgIpc) is 3.50. The molecule has 4 rings (SSSR count). The third kappa shape index (κ3) is 6.61. The van der Waals surface area contributed by atoms with Gasteiger partial charge < -0.3 is 19.5 Å². The number of carboxylic acid groups (broad SMARTS) is 1. The Hall–Kier alpha value is -3.81. The second-order valence-corrected chi connectivity index (χ2v) is 8.94. The quantitative estimate of drug-likeness (QED) is 0.259.